The zero-order valence-electron chi connectivity index (χ0n) is 11.0. The molecule has 0 heterocycles. The van der Waals surface area contributed by atoms with Crippen LogP contribution in [0, 0.1) is 10.1 Å². The lowest BCUT2D eigenvalue weighted by Gasteiger charge is -2.40. The van der Waals surface area contributed by atoms with Crippen LogP contribution in [0.5, 0.6) is 0 Å². The standard InChI is InChI=1S/C8H5F13N2O2/c9-3(10,2(22)1-23(24)25)4(11,12)5(13,14)6(15,16)7(17,18)8(19,20)21/h2H,1,22H2. The largest absolute Gasteiger partial charge is 0.460 e. The predicted octanol–water partition coefficient (Wildman–Crippen LogP) is 3.33. The molecule has 2 N–H and O–H groups in total. The molecule has 150 valence electrons. The lowest BCUT2D eigenvalue weighted by molar-refractivity contribution is -0.494. The molecule has 0 spiro atoms. The zero-order valence-corrected chi connectivity index (χ0v) is 11.0. The Kier molecular flexibility index (Phi) is 5.64. The van der Waals surface area contributed by atoms with Crippen LogP contribution in [0.25, 0.3) is 0 Å². The Bertz CT molecular complexity index is 515. The van der Waals surface area contributed by atoms with Crippen molar-refractivity contribution in [2.75, 3.05) is 6.54 Å². The van der Waals surface area contributed by atoms with E-state index in [2.05, 4.69) is 5.73 Å². The second kappa shape index (κ2) is 6.01. The number of nitrogens with zero attached hydrogens (tertiary/aromatic N) is 1. The first-order valence-electron chi connectivity index (χ1n) is 5.42. The first kappa shape index (κ1) is 23.4. The van der Waals surface area contributed by atoms with Crippen molar-refractivity contribution in [2.24, 2.45) is 5.73 Å². The Morgan fingerprint density at radius 2 is 1.04 bits per heavy atom. The van der Waals surface area contributed by atoms with E-state index in [1.807, 2.05) is 0 Å². The number of nitro groups is 1. The van der Waals surface area contributed by atoms with Crippen LogP contribution in [0.4, 0.5) is 57.1 Å². The molecule has 17 heteroatoms. The monoisotopic (exact) mass is 408 g/mol. The third-order valence-corrected chi connectivity index (χ3v) is 2.77. The lowest BCUT2D eigenvalue weighted by atomic mass is 9.91. The normalized spacial score (nSPS) is 16.7. The summed E-state index contributed by atoms with van der Waals surface area (Å²) in [6, 6.07) is -3.92. The molecular formula is C8H5F13N2O2. The Morgan fingerprint density at radius 1 is 0.720 bits per heavy atom. The summed E-state index contributed by atoms with van der Waals surface area (Å²) in [5.74, 6) is -38.2. The first-order chi connectivity index (χ1) is 10.6. The van der Waals surface area contributed by atoms with Gasteiger partial charge in [-0.05, 0) is 0 Å². The summed E-state index contributed by atoms with van der Waals surface area (Å²) >= 11 is 0. The number of halogens is 13. The van der Waals surface area contributed by atoms with Crippen LogP contribution in [-0.2, 0) is 0 Å². The summed E-state index contributed by atoms with van der Waals surface area (Å²) < 4.78 is 164. The third-order valence-electron chi connectivity index (χ3n) is 2.77. The van der Waals surface area contributed by atoms with Crippen LogP contribution in [0.15, 0.2) is 0 Å². The maximum absolute atomic E-state index is 13.1. The molecule has 0 rings (SSSR count). The Balaban J connectivity index is 6.25. The quantitative estimate of drug-likeness (QED) is 0.399. The van der Waals surface area contributed by atoms with Crippen LogP contribution in [0.3, 0.4) is 0 Å². The summed E-state index contributed by atoms with van der Waals surface area (Å²) in [7, 11) is 0. The Labute approximate surface area is 127 Å². The highest BCUT2D eigenvalue weighted by Crippen LogP contribution is 2.60. The average Bonchev–Trinajstić information content (AvgIpc) is 2.35. The maximum Gasteiger partial charge on any atom is 0.460 e. The van der Waals surface area contributed by atoms with E-state index in [9.17, 15) is 67.2 Å². The molecule has 1 atom stereocenters. The molecule has 0 bridgehead atoms. The lowest BCUT2D eigenvalue weighted by Crippen LogP contribution is -2.72. The van der Waals surface area contributed by atoms with Crippen molar-refractivity contribution < 1.29 is 62.0 Å². The highest BCUT2D eigenvalue weighted by Gasteiger charge is 2.91. The van der Waals surface area contributed by atoms with Crippen LogP contribution in [-0.4, -0.2) is 53.3 Å². The molecule has 0 aliphatic carbocycles. The molecule has 1 unspecified atom stereocenters. The first-order valence-corrected chi connectivity index (χ1v) is 5.42. The van der Waals surface area contributed by atoms with Gasteiger partial charge in [-0.1, -0.05) is 0 Å². The number of nitrogens with two attached hydrogens (primary N) is 1. The third kappa shape index (κ3) is 3.29. The minimum absolute atomic E-state index is 1.87. The van der Waals surface area contributed by atoms with Gasteiger partial charge in [-0.2, -0.15) is 57.1 Å². The average molecular weight is 408 g/mol. The summed E-state index contributed by atoms with van der Waals surface area (Å²) in [5, 5.41) is 9.86. The second-order valence-corrected chi connectivity index (χ2v) is 4.54. The number of hydrogen-bond acceptors (Lipinski definition) is 3. The van der Waals surface area contributed by atoms with Gasteiger partial charge in [0, 0.05) is 4.92 Å². The van der Waals surface area contributed by atoms with Crippen molar-refractivity contribution in [3.8, 4) is 0 Å². The van der Waals surface area contributed by atoms with Gasteiger partial charge >= 0.3 is 35.8 Å². The molecule has 0 radical (unpaired) electrons. The van der Waals surface area contributed by atoms with E-state index in [0.29, 0.717) is 0 Å². The van der Waals surface area contributed by atoms with Crippen molar-refractivity contribution in [3.05, 3.63) is 10.1 Å². The van der Waals surface area contributed by atoms with Gasteiger partial charge in [0.2, 0.25) is 6.54 Å². The van der Waals surface area contributed by atoms with E-state index in [1.54, 1.807) is 0 Å². The van der Waals surface area contributed by atoms with Gasteiger partial charge in [0.15, 0.2) is 0 Å². The van der Waals surface area contributed by atoms with Gasteiger partial charge < -0.3 is 5.73 Å². The van der Waals surface area contributed by atoms with E-state index >= 15 is 0 Å². The molecule has 0 fully saturated rings. The summed E-state index contributed by atoms with van der Waals surface area (Å²) in [5.41, 5.74) is 4.11. The van der Waals surface area contributed by atoms with Crippen molar-refractivity contribution in [2.45, 2.75) is 41.8 Å². The minimum atomic E-state index is -8.06. The van der Waals surface area contributed by atoms with Crippen LogP contribution < -0.4 is 5.73 Å². The van der Waals surface area contributed by atoms with Crippen molar-refractivity contribution in [3.63, 3.8) is 0 Å². The van der Waals surface area contributed by atoms with E-state index < -0.39 is 53.3 Å². The molecule has 0 amide bonds. The molecule has 0 aromatic carbocycles. The number of alkyl halides is 13. The van der Waals surface area contributed by atoms with E-state index in [1.165, 1.54) is 0 Å². The molecule has 0 aliphatic rings. The van der Waals surface area contributed by atoms with Crippen molar-refractivity contribution in [1.82, 2.24) is 0 Å². The van der Waals surface area contributed by atoms with Gasteiger partial charge in [-0.15, -0.1) is 0 Å². The van der Waals surface area contributed by atoms with Crippen molar-refractivity contribution in [1.29, 1.82) is 0 Å². The molecule has 0 aromatic rings. The van der Waals surface area contributed by atoms with Gasteiger partial charge in [0.1, 0.15) is 6.04 Å². The second-order valence-electron chi connectivity index (χ2n) is 4.54. The topological polar surface area (TPSA) is 69.2 Å². The van der Waals surface area contributed by atoms with Crippen LogP contribution in [0.1, 0.15) is 0 Å². The molecule has 0 saturated heterocycles. The van der Waals surface area contributed by atoms with E-state index in [-0.39, 0.29) is 0 Å². The van der Waals surface area contributed by atoms with Gasteiger partial charge in [0.25, 0.3) is 0 Å². The molecule has 0 aliphatic heterocycles. The van der Waals surface area contributed by atoms with Gasteiger partial charge in [-0.3, -0.25) is 10.1 Å². The maximum atomic E-state index is 13.1. The van der Waals surface area contributed by atoms with E-state index in [0.717, 1.165) is 0 Å². The minimum Gasteiger partial charge on any atom is -0.317 e. The number of rotatable bonds is 7. The highest BCUT2D eigenvalue weighted by atomic mass is 19.4. The van der Waals surface area contributed by atoms with Gasteiger partial charge in [-0.25, -0.2) is 0 Å². The van der Waals surface area contributed by atoms with Crippen LogP contribution >= 0.6 is 0 Å². The zero-order chi connectivity index (χ0) is 20.9. The summed E-state index contributed by atoms with van der Waals surface area (Å²) in [6.45, 7) is -2.42. The fourth-order valence-electron chi connectivity index (χ4n) is 1.29. The fourth-order valence-corrected chi connectivity index (χ4v) is 1.29. The molecule has 0 saturated carbocycles. The Hall–Kier alpha value is -1.55. The SMILES string of the molecule is NC(C[N+](=O)[O-])C(F)(F)C(F)(F)C(F)(F)C(F)(F)C(F)(F)C(F)(F)F. The smallest absolute Gasteiger partial charge is 0.317 e. The summed E-state index contributed by atoms with van der Waals surface area (Å²) in [6.07, 6.45) is -7.52. The predicted molar refractivity (Wildman–Crippen MR) is 50.6 cm³/mol. The van der Waals surface area contributed by atoms with Gasteiger partial charge in [0.05, 0.1) is 0 Å². The molecular weight excluding hydrogens is 403 g/mol. The summed E-state index contributed by atoms with van der Waals surface area (Å²) in [4.78, 5) is 8.00. The highest BCUT2D eigenvalue weighted by molar-refractivity contribution is 5.12. The molecule has 0 aromatic heterocycles. The Morgan fingerprint density at radius 3 is 1.32 bits per heavy atom. The fraction of sp³-hybridized carbons (Fsp3) is 1.00. The number of hydrogen-bond donors (Lipinski definition) is 1. The molecule has 4 nitrogen and oxygen atoms in total. The van der Waals surface area contributed by atoms with E-state index in [4.69, 9.17) is 0 Å². The van der Waals surface area contributed by atoms with Crippen LogP contribution in [0.2, 0.25) is 0 Å². The molecule has 25 heavy (non-hydrogen) atoms. The van der Waals surface area contributed by atoms with Crippen molar-refractivity contribution >= 4 is 0 Å².